The molecule has 3 rings (SSSR count). The molecule has 1 aromatic carbocycles. The Hall–Kier alpha value is -1.15. The predicted molar refractivity (Wildman–Crippen MR) is 95.6 cm³/mol. The molecule has 1 aliphatic carbocycles. The summed E-state index contributed by atoms with van der Waals surface area (Å²) in [5.41, 5.74) is 1.42. The highest BCUT2D eigenvalue weighted by Crippen LogP contribution is 2.38. The molecule has 126 valence electrons. The van der Waals surface area contributed by atoms with E-state index in [-0.39, 0.29) is 0 Å². The van der Waals surface area contributed by atoms with Gasteiger partial charge in [-0.1, -0.05) is 56.5 Å². The van der Waals surface area contributed by atoms with Gasteiger partial charge in [0.15, 0.2) is 0 Å². The molecule has 23 heavy (non-hydrogen) atoms. The number of carbonyl (C=O) groups excluding carboxylic acids is 1. The molecule has 2 unspecified atom stereocenters. The summed E-state index contributed by atoms with van der Waals surface area (Å²) in [5, 5.41) is 0. The van der Waals surface area contributed by atoms with Crippen LogP contribution in [0.25, 0.3) is 0 Å². The van der Waals surface area contributed by atoms with E-state index in [0.29, 0.717) is 30.1 Å². The van der Waals surface area contributed by atoms with Gasteiger partial charge in [-0.05, 0) is 49.6 Å². The molecule has 1 saturated carbocycles. The van der Waals surface area contributed by atoms with Crippen molar-refractivity contribution >= 4 is 5.78 Å². The van der Waals surface area contributed by atoms with Crippen LogP contribution >= 0.6 is 0 Å². The number of benzene rings is 1. The second-order valence-corrected chi connectivity index (χ2v) is 7.55. The maximum Gasteiger partial charge on any atom is 0.150 e. The van der Waals surface area contributed by atoms with Crippen LogP contribution in [-0.2, 0) is 4.79 Å². The Morgan fingerprint density at radius 2 is 1.83 bits per heavy atom. The molecule has 0 radical (unpaired) electrons. The summed E-state index contributed by atoms with van der Waals surface area (Å²) in [5.74, 6) is 1.97. The molecular formula is C21H31NO. The molecule has 1 aliphatic heterocycles. The lowest BCUT2D eigenvalue weighted by molar-refractivity contribution is -0.125. The van der Waals surface area contributed by atoms with Crippen LogP contribution in [0.4, 0.5) is 0 Å². The highest BCUT2D eigenvalue weighted by Gasteiger charge is 2.35. The van der Waals surface area contributed by atoms with Gasteiger partial charge < -0.3 is 0 Å². The van der Waals surface area contributed by atoms with Crippen LogP contribution in [0.2, 0.25) is 0 Å². The van der Waals surface area contributed by atoms with Crippen LogP contribution in [-0.4, -0.2) is 30.3 Å². The normalized spacial score (nSPS) is 27.8. The fraction of sp³-hybridized carbons (Fsp3) is 0.667. The number of hydrogen-bond acceptors (Lipinski definition) is 2. The van der Waals surface area contributed by atoms with E-state index in [9.17, 15) is 4.79 Å². The molecule has 0 aromatic heterocycles. The summed E-state index contributed by atoms with van der Waals surface area (Å²) in [7, 11) is 0. The molecule has 2 aliphatic rings. The standard InChI is InChI=1S/C21H31NO/c1-2-13-22-15-19(17-9-5-3-6-10-17)14-20(21(23)16-22)18-11-7-4-8-12-18/h3,5-6,9-10,18-20H,2,4,7-8,11-16H2,1H3. The highest BCUT2D eigenvalue weighted by molar-refractivity contribution is 5.83. The quantitative estimate of drug-likeness (QED) is 0.806. The third-order valence-corrected chi connectivity index (χ3v) is 5.84. The van der Waals surface area contributed by atoms with Crippen molar-refractivity contribution in [2.24, 2.45) is 11.8 Å². The van der Waals surface area contributed by atoms with Crippen molar-refractivity contribution in [2.75, 3.05) is 19.6 Å². The summed E-state index contributed by atoms with van der Waals surface area (Å²) in [4.78, 5) is 15.3. The maximum absolute atomic E-state index is 12.9. The Labute approximate surface area is 141 Å². The van der Waals surface area contributed by atoms with Gasteiger partial charge in [-0.25, -0.2) is 0 Å². The van der Waals surface area contributed by atoms with Gasteiger partial charge in [0, 0.05) is 12.5 Å². The zero-order valence-corrected chi connectivity index (χ0v) is 14.5. The zero-order valence-electron chi connectivity index (χ0n) is 14.5. The topological polar surface area (TPSA) is 20.3 Å². The SMILES string of the molecule is CCCN1CC(=O)C(C2CCCCC2)CC(c2ccccc2)C1. The molecule has 0 bridgehead atoms. The smallest absolute Gasteiger partial charge is 0.150 e. The monoisotopic (exact) mass is 313 g/mol. The number of hydrogen-bond donors (Lipinski definition) is 0. The third kappa shape index (κ3) is 4.23. The lowest BCUT2D eigenvalue weighted by atomic mass is 9.74. The van der Waals surface area contributed by atoms with Crippen molar-refractivity contribution in [3.8, 4) is 0 Å². The van der Waals surface area contributed by atoms with Crippen molar-refractivity contribution < 1.29 is 4.79 Å². The van der Waals surface area contributed by atoms with E-state index in [1.807, 2.05) is 0 Å². The van der Waals surface area contributed by atoms with Crippen LogP contribution in [0.5, 0.6) is 0 Å². The summed E-state index contributed by atoms with van der Waals surface area (Å²) in [6, 6.07) is 10.9. The summed E-state index contributed by atoms with van der Waals surface area (Å²) in [6.45, 7) is 4.99. The van der Waals surface area contributed by atoms with Crippen molar-refractivity contribution in [1.29, 1.82) is 0 Å². The first kappa shape index (κ1) is 16.7. The average Bonchev–Trinajstić information content (AvgIpc) is 2.76. The predicted octanol–water partition coefficient (Wildman–Crippen LogP) is 4.65. The van der Waals surface area contributed by atoms with Crippen LogP contribution in [0, 0.1) is 11.8 Å². The summed E-state index contributed by atoms with van der Waals surface area (Å²) in [6.07, 6.45) is 8.74. The second-order valence-electron chi connectivity index (χ2n) is 7.55. The molecule has 1 aromatic rings. The van der Waals surface area contributed by atoms with Gasteiger partial charge in [-0.3, -0.25) is 9.69 Å². The van der Waals surface area contributed by atoms with Gasteiger partial charge in [0.1, 0.15) is 5.78 Å². The molecule has 0 N–H and O–H groups in total. The number of likely N-dealkylation sites (tertiary alicyclic amines) is 1. The van der Waals surface area contributed by atoms with Crippen molar-refractivity contribution in [2.45, 2.75) is 57.8 Å². The number of carbonyl (C=O) groups is 1. The Balaban J connectivity index is 1.81. The first-order valence-corrected chi connectivity index (χ1v) is 9.58. The van der Waals surface area contributed by atoms with Crippen molar-refractivity contribution in [1.82, 2.24) is 4.90 Å². The molecule has 2 fully saturated rings. The zero-order chi connectivity index (χ0) is 16.1. The number of nitrogens with zero attached hydrogens (tertiary/aromatic N) is 1. The molecule has 1 heterocycles. The molecule has 2 nitrogen and oxygen atoms in total. The van der Waals surface area contributed by atoms with Gasteiger partial charge in [-0.15, -0.1) is 0 Å². The maximum atomic E-state index is 12.9. The van der Waals surface area contributed by atoms with E-state index in [0.717, 1.165) is 25.9 Å². The average molecular weight is 313 g/mol. The molecule has 2 heteroatoms. The Morgan fingerprint density at radius 3 is 2.52 bits per heavy atom. The number of rotatable bonds is 4. The van der Waals surface area contributed by atoms with Gasteiger partial charge in [-0.2, -0.15) is 0 Å². The minimum Gasteiger partial charge on any atom is -0.298 e. The Kier molecular flexibility index (Phi) is 5.88. The first-order chi connectivity index (χ1) is 11.3. The van der Waals surface area contributed by atoms with Gasteiger partial charge in [0.25, 0.3) is 0 Å². The summed E-state index contributed by atoms with van der Waals surface area (Å²) >= 11 is 0. The Morgan fingerprint density at radius 1 is 1.09 bits per heavy atom. The molecule has 0 amide bonds. The van der Waals surface area contributed by atoms with Crippen LogP contribution in [0.3, 0.4) is 0 Å². The van der Waals surface area contributed by atoms with Crippen LogP contribution in [0.1, 0.15) is 63.4 Å². The van der Waals surface area contributed by atoms with E-state index in [1.54, 1.807) is 0 Å². The van der Waals surface area contributed by atoms with Crippen molar-refractivity contribution in [3.05, 3.63) is 35.9 Å². The largest absolute Gasteiger partial charge is 0.298 e. The fourth-order valence-electron chi connectivity index (χ4n) is 4.67. The second kappa shape index (κ2) is 8.10. The first-order valence-electron chi connectivity index (χ1n) is 9.58. The molecule has 1 saturated heterocycles. The molecule has 2 atom stereocenters. The number of ketones is 1. The number of Topliss-reactive ketones (excluding diaryl/α,β-unsaturated/α-hetero) is 1. The highest BCUT2D eigenvalue weighted by atomic mass is 16.1. The van der Waals surface area contributed by atoms with E-state index in [2.05, 4.69) is 42.2 Å². The van der Waals surface area contributed by atoms with E-state index in [4.69, 9.17) is 0 Å². The van der Waals surface area contributed by atoms with Crippen LogP contribution in [0.15, 0.2) is 30.3 Å². The van der Waals surface area contributed by atoms with E-state index < -0.39 is 0 Å². The van der Waals surface area contributed by atoms with Gasteiger partial charge >= 0.3 is 0 Å². The van der Waals surface area contributed by atoms with Crippen molar-refractivity contribution in [3.63, 3.8) is 0 Å². The molecule has 0 spiro atoms. The van der Waals surface area contributed by atoms with Crippen LogP contribution < -0.4 is 0 Å². The Bertz CT molecular complexity index is 492. The third-order valence-electron chi connectivity index (χ3n) is 5.84. The minimum absolute atomic E-state index is 0.294. The fourth-order valence-corrected chi connectivity index (χ4v) is 4.67. The lowest BCUT2D eigenvalue weighted by Crippen LogP contribution is -2.34. The van der Waals surface area contributed by atoms with E-state index >= 15 is 0 Å². The van der Waals surface area contributed by atoms with E-state index in [1.165, 1.54) is 37.7 Å². The van der Waals surface area contributed by atoms with Gasteiger partial charge in [0.05, 0.1) is 6.54 Å². The van der Waals surface area contributed by atoms with Gasteiger partial charge in [0.2, 0.25) is 0 Å². The molecular weight excluding hydrogens is 282 g/mol. The summed E-state index contributed by atoms with van der Waals surface area (Å²) < 4.78 is 0. The minimum atomic E-state index is 0.294. The lowest BCUT2D eigenvalue weighted by Gasteiger charge is -2.30.